The first kappa shape index (κ1) is 12.1. The SMILES string of the molecule is NC1CCCN(C2CC(c3ccccc3)NN2)C1. The molecule has 0 aromatic heterocycles. The van der Waals surface area contributed by atoms with Gasteiger partial charge in [0.1, 0.15) is 0 Å². The van der Waals surface area contributed by atoms with Crippen molar-refractivity contribution in [2.75, 3.05) is 13.1 Å². The van der Waals surface area contributed by atoms with Crippen molar-refractivity contribution in [2.24, 2.45) is 5.73 Å². The molecule has 0 amide bonds. The van der Waals surface area contributed by atoms with Crippen LogP contribution in [0.3, 0.4) is 0 Å². The average Bonchev–Trinajstić information content (AvgIpc) is 2.89. The fraction of sp³-hybridized carbons (Fsp3) is 0.571. The van der Waals surface area contributed by atoms with Gasteiger partial charge in [-0.2, -0.15) is 0 Å². The van der Waals surface area contributed by atoms with Crippen LogP contribution >= 0.6 is 0 Å². The van der Waals surface area contributed by atoms with Crippen LogP contribution in [-0.4, -0.2) is 30.2 Å². The number of nitrogens with two attached hydrogens (primary N) is 1. The molecule has 4 N–H and O–H groups in total. The molecule has 4 heteroatoms. The lowest BCUT2D eigenvalue weighted by Crippen LogP contribution is -2.52. The van der Waals surface area contributed by atoms with Crippen molar-refractivity contribution in [3.05, 3.63) is 35.9 Å². The Bertz CT molecular complexity index is 381. The summed E-state index contributed by atoms with van der Waals surface area (Å²) >= 11 is 0. The lowest BCUT2D eigenvalue weighted by molar-refractivity contribution is 0.133. The monoisotopic (exact) mass is 246 g/mol. The minimum absolute atomic E-state index is 0.344. The Morgan fingerprint density at radius 3 is 2.78 bits per heavy atom. The Kier molecular flexibility index (Phi) is 3.61. The quantitative estimate of drug-likeness (QED) is 0.728. The molecule has 0 spiro atoms. The van der Waals surface area contributed by atoms with E-state index in [-0.39, 0.29) is 0 Å². The fourth-order valence-electron chi connectivity index (χ4n) is 3.01. The zero-order valence-corrected chi connectivity index (χ0v) is 10.7. The summed E-state index contributed by atoms with van der Waals surface area (Å²) in [5.41, 5.74) is 14.2. The summed E-state index contributed by atoms with van der Waals surface area (Å²) < 4.78 is 0. The number of rotatable bonds is 2. The second kappa shape index (κ2) is 5.36. The van der Waals surface area contributed by atoms with Crippen molar-refractivity contribution in [1.82, 2.24) is 15.8 Å². The first-order chi connectivity index (χ1) is 8.83. The van der Waals surface area contributed by atoms with Gasteiger partial charge in [-0.3, -0.25) is 4.90 Å². The molecule has 4 nitrogen and oxygen atoms in total. The van der Waals surface area contributed by atoms with E-state index in [2.05, 4.69) is 46.1 Å². The summed E-state index contributed by atoms with van der Waals surface area (Å²) in [6, 6.07) is 11.4. The summed E-state index contributed by atoms with van der Waals surface area (Å²) in [6.07, 6.45) is 3.91. The minimum atomic E-state index is 0.344. The maximum absolute atomic E-state index is 6.05. The van der Waals surface area contributed by atoms with Gasteiger partial charge in [-0.15, -0.1) is 0 Å². The normalized spacial score (nSPS) is 33.7. The van der Waals surface area contributed by atoms with Gasteiger partial charge in [-0.05, 0) is 31.4 Å². The summed E-state index contributed by atoms with van der Waals surface area (Å²) in [4.78, 5) is 2.48. The zero-order chi connectivity index (χ0) is 12.4. The van der Waals surface area contributed by atoms with E-state index in [1.54, 1.807) is 0 Å². The van der Waals surface area contributed by atoms with Crippen LogP contribution in [0.15, 0.2) is 30.3 Å². The van der Waals surface area contributed by atoms with Gasteiger partial charge in [0, 0.05) is 18.6 Å². The second-order valence-corrected chi connectivity index (χ2v) is 5.40. The molecule has 2 aliphatic rings. The van der Waals surface area contributed by atoms with E-state index < -0.39 is 0 Å². The van der Waals surface area contributed by atoms with Crippen LogP contribution in [0, 0.1) is 0 Å². The van der Waals surface area contributed by atoms with E-state index in [9.17, 15) is 0 Å². The van der Waals surface area contributed by atoms with E-state index in [0.717, 1.165) is 19.5 Å². The van der Waals surface area contributed by atoms with Crippen LogP contribution in [0.4, 0.5) is 0 Å². The number of nitrogens with zero attached hydrogens (tertiary/aromatic N) is 1. The highest BCUT2D eigenvalue weighted by Crippen LogP contribution is 2.25. The molecule has 3 unspecified atom stereocenters. The number of piperidine rings is 1. The number of likely N-dealkylation sites (tertiary alicyclic amines) is 1. The van der Waals surface area contributed by atoms with Crippen molar-refractivity contribution in [1.29, 1.82) is 0 Å². The third-order valence-electron chi connectivity index (χ3n) is 4.02. The van der Waals surface area contributed by atoms with Gasteiger partial charge in [0.15, 0.2) is 0 Å². The third-order valence-corrected chi connectivity index (χ3v) is 4.02. The van der Waals surface area contributed by atoms with E-state index in [1.807, 2.05) is 0 Å². The summed E-state index contributed by atoms with van der Waals surface area (Å²) in [7, 11) is 0. The van der Waals surface area contributed by atoms with Crippen LogP contribution < -0.4 is 16.6 Å². The Morgan fingerprint density at radius 2 is 2.00 bits per heavy atom. The maximum atomic E-state index is 6.05. The molecule has 3 rings (SSSR count). The Balaban J connectivity index is 1.61. The van der Waals surface area contributed by atoms with Crippen LogP contribution in [0.5, 0.6) is 0 Å². The summed E-state index contributed by atoms with van der Waals surface area (Å²) in [6.45, 7) is 2.18. The third kappa shape index (κ3) is 2.57. The highest BCUT2D eigenvalue weighted by atomic mass is 15.5. The lowest BCUT2D eigenvalue weighted by Gasteiger charge is -2.34. The van der Waals surface area contributed by atoms with Gasteiger partial charge in [0.05, 0.1) is 6.17 Å². The molecular formula is C14H22N4. The fourth-order valence-corrected chi connectivity index (χ4v) is 3.01. The van der Waals surface area contributed by atoms with Crippen molar-refractivity contribution in [3.8, 4) is 0 Å². The molecule has 1 aromatic rings. The molecule has 2 heterocycles. The first-order valence-electron chi connectivity index (χ1n) is 6.88. The van der Waals surface area contributed by atoms with Crippen molar-refractivity contribution < 1.29 is 0 Å². The van der Waals surface area contributed by atoms with E-state index in [1.165, 1.54) is 18.4 Å². The van der Waals surface area contributed by atoms with E-state index >= 15 is 0 Å². The molecule has 2 aliphatic heterocycles. The van der Waals surface area contributed by atoms with Crippen molar-refractivity contribution in [3.63, 3.8) is 0 Å². The first-order valence-corrected chi connectivity index (χ1v) is 6.88. The van der Waals surface area contributed by atoms with Crippen LogP contribution in [0.1, 0.15) is 30.9 Å². The molecule has 1 aromatic carbocycles. The number of nitrogens with one attached hydrogen (secondary N) is 2. The Hall–Kier alpha value is -0.940. The molecular weight excluding hydrogens is 224 g/mol. The molecule has 0 saturated carbocycles. The van der Waals surface area contributed by atoms with Crippen LogP contribution in [0.2, 0.25) is 0 Å². The Morgan fingerprint density at radius 1 is 1.17 bits per heavy atom. The van der Waals surface area contributed by atoms with Gasteiger partial charge in [-0.1, -0.05) is 30.3 Å². The largest absolute Gasteiger partial charge is 0.327 e. The zero-order valence-electron chi connectivity index (χ0n) is 10.7. The van der Waals surface area contributed by atoms with Crippen molar-refractivity contribution >= 4 is 0 Å². The summed E-state index contributed by atoms with van der Waals surface area (Å²) in [5.74, 6) is 0. The highest BCUT2D eigenvalue weighted by molar-refractivity contribution is 5.19. The van der Waals surface area contributed by atoms with E-state index in [4.69, 9.17) is 5.73 Å². The highest BCUT2D eigenvalue weighted by Gasteiger charge is 2.31. The molecule has 2 saturated heterocycles. The number of benzene rings is 1. The van der Waals surface area contributed by atoms with Gasteiger partial charge in [0.25, 0.3) is 0 Å². The Labute approximate surface area is 109 Å². The molecule has 98 valence electrons. The summed E-state index contributed by atoms with van der Waals surface area (Å²) in [5, 5.41) is 0. The standard InChI is InChI=1S/C14H22N4/c15-12-7-4-8-18(10-12)14-9-13(16-17-14)11-5-2-1-3-6-11/h1-3,5-6,12-14,16-17H,4,7-10,15H2. The van der Waals surface area contributed by atoms with Crippen LogP contribution in [-0.2, 0) is 0 Å². The topological polar surface area (TPSA) is 53.3 Å². The molecule has 2 fully saturated rings. The predicted octanol–water partition coefficient (Wildman–Crippen LogP) is 0.975. The van der Waals surface area contributed by atoms with Gasteiger partial charge in [0.2, 0.25) is 0 Å². The maximum Gasteiger partial charge on any atom is 0.0748 e. The lowest BCUT2D eigenvalue weighted by atomic mass is 10.0. The second-order valence-electron chi connectivity index (χ2n) is 5.40. The number of hydrogen-bond acceptors (Lipinski definition) is 4. The molecule has 0 bridgehead atoms. The van der Waals surface area contributed by atoms with E-state index in [0.29, 0.717) is 18.2 Å². The molecule has 0 radical (unpaired) electrons. The minimum Gasteiger partial charge on any atom is -0.327 e. The molecule has 0 aliphatic carbocycles. The number of hydrogen-bond donors (Lipinski definition) is 3. The molecule has 3 atom stereocenters. The predicted molar refractivity (Wildman–Crippen MR) is 72.6 cm³/mol. The molecule has 18 heavy (non-hydrogen) atoms. The van der Waals surface area contributed by atoms with Gasteiger partial charge >= 0.3 is 0 Å². The van der Waals surface area contributed by atoms with Gasteiger partial charge < -0.3 is 5.73 Å². The average molecular weight is 246 g/mol. The smallest absolute Gasteiger partial charge is 0.0748 e. The number of hydrazine groups is 1. The van der Waals surface area contributed by atoms with Gasteiger partial charge in [-0.25, -0.2) is 10.9 Å². The van der Waals surface area contributed by atoms with Crippen molar-refractivity contribution in [2.45, 2.75) is 37.5 Å². The van der Waals surface area contributed by atoms with Crippen LogP contribution in [0.25, 0.3) is 0 Å².